The number of aryl methyl sites for hydroxylation is 1. The number of nitrogens with zero attached hydrogens (tertiary/aromatic N) is 1. The van der Waals surface area contributed by atoms with E-state index in [1.165, 1.54) is 87.6 Å². The van der Waals surface area contributed by atoms with Crippen molar-refractivity contribution in [1.82, 2.24) is 4.90 Å². The maximum atomic E-state index is 12.7. The molecule has 0 amide bonds. The Labute approximate surface area is 206 Å². The number of benzene rings is 2. The van der Waals surface area contributed by atoms with E-state index in [4.69, 9.17) is 0 Å². The van der Waals surface area contributed by atoms with Crippen molar-refractivity contribution in [3.63, 3.8) is 0 Å². The van der Waals surface area contributed by atoms with Gasteiger partial charge in [0.05, 0.1) is 0 Å². The summed E-state index contributed by atoms with van der Waals surface area (Å²) < 4.78 is 12.7. The maximum absolute atomic E-state index is 12.7. The summed E-state index contributed by atoms with van der Waals surface area (Å²) in [5.41, 5.74) is 3.99. The summed E-state index contributed by atoms with van der Waals surface area (Å²) in [7, 11) is -0.178. The van der Waals surface area contributed by atoms with Gasteiger partial charge in [0, 0.05) is 7.28 Å². The fourth-order valence-electron chi connectivity index (χ4n) is 3.48. The normalized spacial score (nSPS) is 10.3. The Kier molecular flexibility index (Phi) is 21.1. The second-order valence-corrected chi connectivity index (χ2v) is 9.39. The average Bonchev–Trinajstić information content (AvgIpc) is 2.85. The number of halogens is 1. The summed E-state index contributed by atoms with van der Waals surface area (Å²) >= 11 is 0. The second kappa shape index (κ2) is 22.2. The lowest BCUT2D eigenvalue weighted by Gasteiger charge is -2.21. The Hall–Kier alpha value is -1.61. The molecule has 0 spiro atoms. The van der Waals surface area contributed by atoms with Crippen LogP contribution in [0.15, 0.2) is 48.5 Å². The van der Waals surface area contributed by atoms with Crippen LogP contribution in [0.25, 0.3) is 0 Å². The largest absolute Gasteiger partial charge is 0.303 e. The molecule has 0 fully saturated rings. The smallest absolute Gasteiger partial charge is 0.122 e. The molecular formula is C30H52BFN-. The predicted octanol–water partition coefficient (Wildman–Crippen LogP) is 7.62. The van der Waals surface area contributed by atoms with Gasteiger partial charge >= 0.3 is 0 Å². The van der Waals surface area contributed by atoms with Crippen molar-refractivity contribution < 1.29 is 4.39 Å². The Balaban J connectivity index is 0.000000545. The van der Waals surface area contributed by atoms with E-state index in [2.05, 4.69) is 70.7 Å². The second-order valence-electron chi connectivity index (χ2n) is 9.39. The third-order valence-corrected chi connectivity index (χ3v) is 6.11. The summed E-state index contributed by atoms with van der Waals surface area (Å²) in [6.45, 7) is 17.2. The van der Waals surface area contributed by atoms with Gasteiger partial charge in [0.2, 0.25) is 0 Å². The summed E-state index contributed by atoms with van der Waals surface area (Å²) in [5.74, 6) is -0.148. The maximum Gasteiger partial charge on any atom is 0.122 e. The molecule has 0 heterocycles. The summed E-state index contributed by atoms with van der Waals surface area (Å²) in [4.78, 5) is 2.64. The molecule has 0 atom stereocenters. The molecule has 1 nitrogen and oxygen atoms in total. The van der Waals surface area contributed by atoms with Crippen LogP contribution in [0.3, 0.4) is 0 Å². The number of unbranched alkanes of at least 4 members (excludes halogenated alkanes) is 4. The van der Waals surface area contributed by atoms with E-state index in [9.17, 15) is 4.39 Å². The van der Waals surface area contributed by atoms with E-state index < -0.39 is 0 Å². The van der Waals surface area contributed by atoms with Crippen LogP contribution in [-0.4, -0.2) is 31.8 Å². The number of hydrogen-bond acceptors (Lipinski definition) is 1. The lowest BCUT2D eigenvalue weighted by Crippen LogP contribution is -2.27. The summed E-state index contributed by atoms with van der Waals surface area (Å²) in [6.07, 6.45) is 11.9. The number of hydrogen-bond donors (Lipinski definition) is 0. The van der Waals surface area contributed by atoms with Gasteiger partial charge in [-0.05, 0) is 58.0 Å². The molecule has 2 aromatic carbocycles. The van der Waals surface area contributed by atoms with Crippen LogP contribution >= 0.6 is 0 Å². The molecule has 0 unspecified atom stereocenters. The SMILES string of the molecule is CCCC.CCCCN(CCCC)CCCC.Cc1ccc(C[BH2-]c2ccc(F)cc2)cc1. The molecule has 2 aromatic rings. The molecule has 0 aliphatic rings. The zero-order valence-electron chi connectivity index (χ0n) is 22.9. The average molecular weight is 457 g/mol. The van der Waals surface area contributed by atoms with E-state index >= 15 is 0 Å². The standard InChI is InChI=1S/C14H15BF.C12H27N.C4H10/c1-11-2-4-12(5-3-11)10-15-13-6-8-14(16)9-7-13;1-4-7-10-13(11-8-5-2)12-9-6-3;1-3-4-2/h2-9H,10,15H2,1H3;4-12H2,1-3H3;3-4H2,1-2H3/q-1;;. The van der Waals surface area contributed by atoms with Crippen molar-refractivity contribution in [2.24, 2.45) is 0 Å². The van der Waals surface area contributed by atoms with Crippen LogP contribution < -0.4 is 5.46 Å². The van der Waals surface area contributed by atoms with Crippen LogP contribution in [0, 0.1) is 12.7 Å². The third-order valence-electron chi connectivity index (χ3n) is 6.11. The van der Waals surface area contributed by atoms with Gasteiger partial charge < -0.3 is 4.90 Å². The predicted molar refractivity (Wildman–Crippen MR) is 151 cm³/mol. The van der Waals surface area contributed by atoms with Crippen molar-refractivity contribution in [2.45, 2.75) is 99.2 Å². The van der Waals surface area contributed by atoms with E-state index in [0.717, 1.165) is 6.32 Å². The first-order valence-electron chi connectivity index (χ1n) is 13.9. The van der Waals surface area contributed by atoms with E-state index in [1.807, 2.05) is 12.1 Å². The third kappa shape index (κ3) is 18.5. The van der Waals surface area contributed by atoms with Gasteiger partial charge in [0.15, 0.2) is 0 Å². The number of rotatable bonds is 13. The van der Waals surface area contributed by atoms with Crippen molar-refractivity contribution in [1.29, 1.82) is 0 Å². The van der Waals surface area contributed by atoms with Crippen molar-refractivity contribution >= 4 is 12.7 Å². The van der Waals surface area contributed by atoms with Gasteiger partial charge in [-0.3, -0.25) is 0 Å². The fraction of sp³-hybridized carbons (Fsp3) is 0.600. The highest BCUT2D eigenvalue weighted by molar-refractivity contribution is 6.52. The highest BCUT2D eigenvalue weighted by atomic mass is 19.1. The lowest BCUT2D eigenvalue weighted by atomic mass is 9.65. The van der Waals surface area contributed by atoms with Crippen LogP contribution in [0.5, 0.6) is 0 Å². The monoisotopic (exact) mass is 456 g/mol. The van der Waals surface area contributed by atoms with Gasteiger partial charge in [0.25, 0.3) is 0 Å². The fourth-order valence-corrected chi connectivity index (χ4v) is 3.48. The summed E-state index contributed by atoms with van der Waals surface area (Å²) in [6, 6.07) is 15.6. The van der Waals surface area contributed by atoms with Crippen LogP contribution in [-0.2, 0) is 6.32 Å². The Morgan fingerprint density at radius 3 is 1.48 bits per heavy atom. The molecule has 3 heteroatoms. The van der Waals surface area contributed by atoms with E-state index in [-0.39, 0.29) is 13.1 Å². The Morgan fingerprint density at radius 1 is 0.636 bits per heavy atom. The zero-order valence-corrected chi connectivity index (χ0v) is 22.9. The molecule has 33 heavy (non-hydrogen) atoms. The first-order valence-corrected chi connectivity index (χ1v) is 13.9. The van der Waals surface area contributed by atoms with Crippen LogP contribution in [0.1, 0.15) is 97.1 Å². The minimum absolute atomic E-state index is 0.148. The Morgan fingerprint density at radius 2 is 1.09 bits per heavy atom. The Bertz CT molecular complexity index is 587. The minimum Gasteiger partial charge on any atom is -0.303 e. The van der Waals surface area contributed by atoms with Crippen molar-refractivity contribution in [3.8, 4) is 0 Å². The summed E-state index contributed by atoms with van der Waals surface area (Å²) in [5, 5.41) is 0. The van der Waals surface area contributed by atoms with Gasteiger partial charge in [-0.15, -0.1) is 0 Å². The van der Waals surface area contributed by atoms with Crippen LogP contribution in [0.2, 0.25) is 0 Å². The highest BCUT2D eigenvalue weighted by Gasteiger charge is 2.01. The van der Waals surface area contributed by atoms with Crippen molar-refractivity contribution in [2.75, 3.05) is 19.6 Å². The molecule has 0 aromatic heterocycles. The first kappa shape index (κ1) is 31.4. The molecule has 0 aliphatic carbocycles. The van der Waals surface area contributed by atoms with Gasteiger partial charge in [-0.1, -0.05) is 114 Å². The zero-order chi connectivity index (χ0) is 24.7. The van der Waals surface area contributed by atoms with E-state index in [1.54, 1.807) is 12.1 Å². The molecule has 0 aliphatic heterocycles. The molecule has 0 saturated carbocycles. The highest BCUT2D eigenvalue weighted by Crippen LogP contribution is 2.03. The lowest BCUT2D eigenvalue weighted by molar-refractivity contribution is 0.261. The topological polar surface area (TPSA) is 3.24 Å². The molecule has 0 N–H and O–H groups in total. The van der Waals surface area contributed by atoms with E-state index in [0.29, 0.717) is 0 Å². The molecule has 188 valence electrons. The van der Waals surface area contributed by atoms with Gasteiger partial charge in [0.1, 0.15) is 5.82 Å². The quantitative estimate of drug-likeness (QED) is 0.280. The van der Waals surface area contributed by atoms with Gasteiger partial charge in [-0.25, -0.2) is 9.85 Å². The van der Waals surface area contributed by atoms with Crippen molar-refractivity contribution in [3.05, 3.63) is 65.5 Å². The first-order chi connectivity index (χ1) is 16.0. The molecule has 0 saturated heterocycles. The molecular weight excluding hydrogens is 404 g/mol. The minimum atomic E-state index is -0.178. The molecule has 0 radical (unpaired) electrons. The molecule has 2 rings (SSSR count). The van der Waals surface area contributed by atoms with Crippen LogP contribution in [0.4, 0.5) is 4.39 Å². The molecule has 0 bridgehead atoms. The van der Waals surface area contributed by atoms with Gasteiger partial charge in [-0.2, -0.15) is 6.32 Å².